The van der Waals surface area contributed by atoms with Crippen LogP contribution in [0.1, 0.15) is 30.6 Å². The summed E-state index contributed by atoms with van der Waals surface area (Å²) in [6.07, 6.45) is 2.92. The number of nitrogens with zero attached hydrogens (tertiary/aromatic N) is 2. The molecule has 1 rings (SSSR count). The van der Waals surface area contributed by atoms with Crippen molar-refractivity contribution in [2.24, 2.45) is 5.73 Å². The van der Waals surface area contributed by atoms with Crippen molar-refractivity contribution >= 4 is 5.97 Å². The minimum Gasteiger partial charge on any atom is -0.480 e. The minimum atomic E-state index is -1.23. The minimum absolute atomic E-state index is 0.152. The third-order valence-electron chi connectivity index (χ3n) is 1.95. The Kier molecular flexibility index (Phi) is 3.08. The highest BCUT2D eigenvalue weighted by atomic mass is 16.5. The number of nitrogens with two attached hydrogens (primary N) is 1. The number of carboxylic acids is 1. The van der Waals surface area contributed by atoms with Crippen molar-refractivity contribution in [1.29, 1.82) is 0 Å². The van der Waals surface area contributed by atoms with Gasteiger partial charge < -0.3 is 16.0 Å². The summed E-state index contributed by atoms with van der Waals surface area (Å²) in [5.41, 5.74) is 6.22. The van der Waals surface area contributed by atoms with E-state index in [0.29, 0.717) is 16.8 Å². The van der Waals surface area contributed by atoms with Crippen LogP contribution in [0.25, 0.3) is 0 Å². The highest BCUT2D eigenvalue weighted by molar-refractivity contribution is 5.75. The van der Waals surface area contributed by atoms with Gasteiger partial charge in [-0.3, -0.25) is 4.79 Å². The second-order valence-electron chi connectivity index (χ2n) is 3.01. The standard InChI is InChI=1S/C8H13N3O3/c1-2-3-5-4-10-11(14)7(5)6(9)8(12)13/h4,6,14H,2-3,9H2,1H3,(H,12,13)/t6-/m1/s1. The molecule has 0 saturated heterocycles. The molecule has 4 N–H and O–H groups in total. The summed E-state index contributed by atoms with van der Waals surface area (Å²) in [5, 5.41) is 21.5. The van der Waals surface area contributed by atoms with Crippen LogP contribution < -0.4 is 5.73 Å². The Morgan fingerprint density at radius 3 is 2.93 bits per heavy atom. The molecular formula is C8H13N3O3. The van der Waals surface area contributed by atoms with Gasteiger partial charge in [-0.1, -0.05) is 13.3 Å². The average Bonchev–Trinajstić information content (AvgIpc) is 2.47. The van der Waals surface area contributed by atoms with Crippen LogP contribution in [0.2, 0.25) is 0 Å². The maximum Gasteiger partial charge on any atom is 0.326 e. The molecule has 0 radical (unpaired) electrons. The fourth-order valence-corrected chi connectivity index (χ4v) is 1.28. The van der Waals surface area contributed by atoms with Gasteiger partial charge in [-0.15, -0.1) is 9.94 Å². The third-order valence-corrected chi connectivity index (χ3v) is 1.95. The molecule has 0 fully saturated rings. The van der Waals surface area contributed by atoms with Crippen LogP contribution in [0.3, 0.4) is 0 Å². The van der Waals surface area contributed by atoms with Gasteiger partial charge in [0.15, 0.2) is 0 Å². The molecule has 0 saturated carbocycles. The van der Waals surface area contributed by atoms with Crippen molar-refractivity contribution in [1.82, 2.24) is 9.94 Å². The Balaban J connectivity index is 3.03. The van der Waals surface area contributed by atoms with Gasteiger partial charge in [0.05, 0.1) is 6.20 Å². The second-order valence-corrected chi connectivity index (χ2v) is 3.01. The van der Waals surface area contributed by atoms with Crippen molar-refractivity contribution in [3.05, 3.63) is 17.5 Å². The molecule has 0 aliphatic carbocycles. The second kappa shape index (κ2) is 4.10. The smallest absolute Gasteiger partial charge is 0.326 e. The molecule has 1 heterocycles. The van der Waals surface area contributed by atoms with E-state index in [1.165, 1.54) is 6.20 Å². The summed E-state index contributed by atoms with van der Waals surface area (Å²) in [5.74, 6) is -1.18. The summed E-state index contributed by atoms with van der Waals surface area (Å²) in [6.45, 7) is 1.95. The molecule has 1 aromatic rings. The highest BCUT2D eigenvalue weighted by Crippen LogP contribution is 2.16. The van der Waals surface area contributed by atoms with Crippen LogP contribution in [-0.4, -0.2) is 26.2 Å². The van der Waals surface area contributed by atoms with Gasteiger partial charge in [-0.05, 0) is 12.0 Å². The Labute approximate surface area is 80.9 Å². The number of hydrogen-bond donors (Lipinski definition) is 3. The van der Waals surface area contributed by atoms with E-state index in [2.05, 4.69) is 5.10 Å². The zero-order valence-electron chi connectivity index (χ0n) is 7.84. The number of carboxylic acid groups (broad SMARTS) is 1. The van der Waals surface area contributed by atoms with Gasteiger partial charge in [0, 0.05) is 0 Å². The fraction of sp³-hybridized carbons (Fsp3) is 0.500. The molecule has 0 aliphatic heterocycles. The molecule has 78 valence electrons. The number of carbonyl (C=O) groups is 1. The molecule has 0 amide bonds. The molecule has 1 atom stereocenters. The monoisotopic (exact) mass is 199 g/mol. The van der Waals surface area contributed by atoms with E-state index in [1.54, 1.807) is 0 Å². The van der Waals surface area contributed by atoms with Crippen molar-refractivity contribution in [2.75, 3.05) is 0 Å². The SMILES string of the molecule is CCCc1cnn(O)c1[C@@H](N)C(=O)O. The van der Waals surface area contributed by atoms with E-state index in [-0.39, 0.29) is 5.69 Å². The van der Waals surface area contributed by atoms with Crippen LogP contribution in [0.15, 0.2) is 6.20 Å². The van der Waals surface area contributed by atoms with Crippen LogP contribution in [0, 0.1) is 0 Å². The lowest BCUT2D eigenvalue weighted by Crippen LogP contribution is -2.24. The van der Waals surface area contributed by atoms with E-state index in [9.17, 15) is 10.0 Å². The predicted molar refractivity (Wildman–Crippen MR) is 48.0 cm³/mol. The first-order valence-electron chi connectivity index (χ1n) is 4.32. The predicted octanol–water partition coefficient (Wildman–Crippen LogP) is 0.157. The molecule has 6 heteroatoms. The van der Waals surface area contributed by atoms with Gasteiger partial charge >= 0.3 is 5.97 Å². The summed E-state index contributed by atoms with van der Waals surface area (Å²) >= 11 is 0. The van der Waals surface area contributed by atoms with E-state index in [1.807, 2.05) is 6.92 Å². The lowest BCUT2D eigenvalue weighted by molar-refractivity contribution is -0.139. The normalized spacial score (nSPS) is 12.7. The van der Waals surface area contributed by atoms with Crippen LogP contribution in [0.5, 0.6) is 0 Å². The molecule has 0 bridgehead atoms. The summed E-state index contributed by atoms with van der Waals surface area (Å²) in [7, 11) is 0. The number of aryl methyl sites for hydroxylation is 1. The number of aliphatic carboxylic acids is 1. The number of aromatic nitrogens is 2. The highest BCUT2D eigenvalue weighted by Gasteiger charge is 2.23. The number of hydrogen-bond acceptors (Lipinski definition) is 4. The summed E-state index contributed by atoms with van der Waals surface area (Å²) in [6, 6.07) is -1.23. The largest absolute Gasteiger partial charge is 0.480 e. The zero-order chi connectivity index (χ0) is 10.7. The Morgan fingerprint density at radius 2 is 2.43 bits per heavy atom. The molecule has 0 aromatic carbocycles. The molecule has 1 aromatic heterocycles. The van der Waals surface area contributed by atoms with E-state index in [4.69, 9.17) is 10.8 Å². The first-order valence-corrected chi connectivity index (χ1v) is 4.32. The van der Waals surface area contributed by atoms with Gasteiger partial charge in [0.1, 0.15) is 11.7 Å². The quantitative estimate of drug-likeness (QED) is 0.599. The molecule has 14 heavy (non-hydrogen) atoms. The molecular weight excluding hydrogens is 186 g/mol. The van der Waals surface area contributed by atoms with Gasteiger partial charge in [-0.25, -0.2) is 0 Å². The van der Waals surface area contributed by atoms with Crippen molar-refractivity contribution in [3.63, 3.8) is 0 Å². The van der Waals surface area contributed by atoms with E-state index >= 15 is 0 Å². The van der Waals surface area contributed by atoms with Crippen molar-refractivity contribution in [2.45, 2.75) is 25.8 Å². The molecule has 0 spiro atoms. The Hall–Kier alpha value is -1.56. The third kappa shape index (κ3) is 1.85. The zero-order valence-corrected chi connectivity index (χ0v) is 7.84. The lowest BCUT2D eigenvalue weighted by Gasteiger charge is -2.07. The first-order chi connectivity index (χ1) is 6.57. The number of rotatable bonds is 4. The molecule has 0 aliphatic rings. The summed E-state index contributed by atoms with van der Waals surface area (Å²) < 4.78 is 0. The molecule has 0 unspecified atom stereocenters. The van der Waals surface area contributed by atoms with E-state index < -0.39 is 12.0 Å². The van der Waals surface area contributed by atoms with Crippen LogP contribution in [-0.2, 0) is 11.2 Å². The van der Waals surface area contributed by atoms with E-state index in [0.717, 1.165) is 6.42 Å². The summed E-state index contributed by atoms with van der Waals surface area (Å²) in [4.78, 5) is 11.2. The Morgan fingerprint density at radius 1 is 1.79 bits per heavy atom. The maximum absolute atomic E-state index is 10.6. The lowest BCUT2D eigenvalue weighted by atomic mass is 10.1. The van der Waals surface area contributed by atoms with Gasteiger partial charge in [0.25, 0.3) is 0 Å². The van der Waals surface area contributed by atoms with Crippen LogP contribution in [0.4, 0.5) is 0 Å². The maximum atomic E-state index is 10.6. The van der Waals surface area contributed by atoms with Gasteiger partial charge in [-0.2, -0.15) is 0 Å². The Bertz CT molecular complexity index is 335. The topological polar surface area (TPSA) is 101 Å². The fourth-order valence-electron chi connectivity index (χ4n) is 1.28. The molecule has 6 nitrogen and oxygen atoms in total. The van der Waals surface area contributed by atoms with Crippen LogP contribution >= 0.6 is 0 Å². The van der Waals surface area contributed by atoms with Crippen molar-refractivity contribution in [3.8, 4) is 0 Å². The first kappa shape index (κ1) is 10.5. The van der Waals surface area contributed by atoms with Crippen molar-refractivity contribution < 1.29 is 15.1 Å². The average molecular weight is 199 g/mol. The van der Waals surface area contributed by atoms with Gasteiger partial charge in [0.2, 0.25) is 0 Å².